The molecule has 0 unspecified atom stereocenters. The van der Waals surface area contributed by atoms with Crippen molar-refractivity contribution in [1.29, 1.82) is 0 Å². The third-order valence-electron chi connectivity index (χ3n) is 2.77. The minimum absolute atomic E-state index is 1.26. The number of thioether (sulfide) groups is 1. The Hall–Kier alpha value is -2.06. The first-order valence-electron chi connectivity index (χ1n) is 6.44. The maximum Gasteiger partial charge on any atom is 0.0278 e. The van der Waals surface area contributed by atoms with Crippen LogP contribution in [0.3, 0.4) is 0 Å². The summed E-state index contributed by atoms with van der Waals surface area (Å²) in [6, 6.07) is 24.8. The lowest BCUT2D eigenvalue weighted by Gasteiger charge is -1.98. The zero-order valence-corrected chi connectivity index (χ0v) is 12.3. The highest BCUT2D eigenvalue weighted by Crippen LogP contribution is 2.17. The number of rotatable bonds is 2. The molecule has 0 amide bonds. The van der Waals surface area contributed by atoms with Crippen LogP contribution < -0.4 is 0 Å². The molecule has 20 heavy (non-hydrogen) atoms. The van der Waals surface area contributed by atoms with Gasteiger partial charge in [0.1, 0.15) is 0 Å². The second kappa shape index (κ2) is 8.18. The van der Waals surface area contributed by atoms with Gasteiger partial charge in [0.2, 0.25) is 0 Å². The Morgan fingerprint density at radius 3 is 1.45 bits per heavy atom. The Bertz CT molecular complexity index is 557. The summed E-state index contributed by atoms with van der Waals surface area (Å²) in [4.78, 5) is 5.14. The molecule has 0 aliphatic heterocycles. The minimum Gasteiger partial charge on any atom is -0.265 e. The van der Waals surface area contributed by atoms with Crippen molar-refractivity contribution in [2.45, 2.75) is 4.90 Å². The van der Waals surface area contributed by atoms with E-state index in [1.165, 1.54) is 16.0 Å². The van der Waals surface area contributed by atoms with Crippen molar-refractivity contribution in [3.8, 4) is 11.1 Å². The molecule has 1 heterocycles. The lowest BCUT2D eigenvalue weighted by Crippen LogP contribution is -1.73. The fourth-order valence-corrected chi connectivity index (χ4v) is 2.13. The molecule has 0 aliphatic rings. The van der Waals surface area contributed by atoms with E-state index < -0.39 is 0 Å². The summed E-state index contributed by atoms with van der Waals surface area (Å²) in [5.41, 5.74) is 2.55. The molecule has 2 aromatic carbocycles. The second-order valence-corrected chi connectivity index (χ2v) is 5.00. The Morgan fingerprint density at radius 1 is 0.650 bits per heavy atom. The molecule has 1 aromatic heterocycles. The molecule has 0 radical (unpaired) electrons. The molecule has 0 atom stereocenters. The molecule has 0 saturated carbocycles. The first kappa shape index (κ1) is 14.4. The molecular weight excluding hydrogens is 262 g/mol. The second-order valence-electron chi connectivity index (χ2n) is 4.12. The molecule has 0 spiro atoms. The van der Waals surface area contributed by atoms with Crippen LogP contribution in [0.1, 0.15) is 0 Å². The third-order valence-corrected chi connectivity index (χ3v) is 3.51. The fourth-order valence-electron chi connectivity index (χ4n) is 1.74. The SMILES string of the molecule is CSc1ccncc1.c1ccc(-c2ccccc2)cc1. The monoisotopic (exact) mass is 279 g/mol. The summed E-state index contributed by atoms with van der Waals surface area (Å²) in [6.45, 7) is 0. The van der Waals surface area contributed by atoms with Crippen LogP contribution in [0.5, 0.6) is 0 Å². The van der Waals surface area contributed by atoms with E-state index >= 15 is 0 Å². The molecule has 0 N–H and O–H groups in total. The average Bonchev–Trinajstić information content (AvgIpc) is 2.58. The van der Waals surface area contributed by atoms with Crippen molar-refractivity contribution >= 4 is 11.8 Å². The smallest absolute Gasteiger partial charge is 0.0278 e. The van der Waals surface area contributed by atoms with Gasteiger partial charge in [0.05, 0.1) is 0 Å². The maximum absolute atomic E-state index is 3.88. The van der Waals surface area contributed by atoms with E-state index in [1.807, 2.05) is 24.3 Å². The average molecular weight is 279 g/mol. The first-order chi connectivity index (χ1) is 9.90. The quantitative estimate of drug-likeness (QED) is 0.601. The van der Waals surface area contributed by atoms with Gasteiger partial charge in [-0.2, -0.15) is 0 Å². The highest BCUT2D eigenvalue weighted by atomic mass is 32.2. The molecule has 0 bridgehead atoms. The number of aromatic nitrogens is 1. The van der Waals surface area contributed by atoms with Crippen molar-refractivity contribution in [2.24, 2.45) is 0 Å². The molecule has 1 nitrogen and oxygen atoms in total. The maximum atomic E-state index is 3.88. The van der Waals surface area contributed by atoms with E-state index in [4.69, 9.17) is 0 Å². The van der Waals surface area contributed by atoms with Gasteiger partial charge in [-0.3, -0.25) is 4.98 Å². The summed E-state index contributed by atoms with van der Waals surface area (Å²) in [5.74, 6) is 0. The van der Waals surface area contributed by atoms with Crippen LogP contribution in [0.2, 0.25) is 0 Å². The number of benzene rings is 2. The highest BCUT2D eigenvalue weighted by Gasteiger charge is 1.91. The Labute approximate surface area is 124 Å². The van der Waals surface area contributed by atoms with Gasteiger partial charge in [0, 0.05) is 17.3 Å². The third kappa shape index (κ3) is 4.56. The van der Waals surface area contributed by atoms with Gasteiger partial charge < -0.3 is 0 Å². The van der Waals surface area contributed by atoms with Crippen LogP contribution in [0.4, 0.5) is 0 Å². The molecule has 3 aromatic rings. The van der Waals surface area contributed by atoms with Crippen molar-refractivity contribution in [1.82, 2.24) is 4.98 Å². The molecular formula is C18H17NS. The number of hydrogen-bond acceptors (Lipinski definition) is 2. The number of nitrogens with zero attached hydrogens (tertiary/aromatic N) is 1. The van der Waals surface area contributed by atoms with Crippen LogP contribution in [0, 0.1) is 0 Å². The van der Waals surface area contributed by atoms with Crippen molar-refractivity contribution < 1.29 is 0 Å². The van der Waals surface area contributed by atoms with Crippen molar-refractivity contribution in [3.63, 3.8) is 0 Å². The summed E-state index contributed by atoms with van der Waals surface area (Å²) < 4.78 is 0. The van der Waals surface area contributed by atoms with Gasteiger partial charge in [0.15, 0.2) is 0 Å². The van der Waals surface area contributed by atoms with Gasteiger partial charge in [-0.1, -0.05) is 60.7 Å². The van der Waals surface area contributed by atoms with E-state index in [-0.39, 0.29) is 0 Å². The topological polar surface area (TPSA) is 12.9 Å². The van der Waals surface area contributed by atoms with E-state index in [2.05, 4.69) is 59.8 Å². The standard InChI is InChI=1S/C12H10.C6H7NS/c1-3-7-11(8-4-1)12-9-5-2-6-10-12;1-8-6-2-4-7-5-3-6/h1-10H;2-5H,1H3. The zero-order valence-electron chi connectivity index (χ0n) is 11.4. The van der Waals surface area contributed by atoms with E-state index in [9.17, 15) is 0 Å². The van der Waals surface area contributed by atoms with E-state index in [0.29, 0.717) is 0 Å². The molecule has 100 valence electrons. The van der Waals surface area contributed by atoms with Gasteiger partial charge >= 0.3 is 0 Å². The first-order valence-corrected chi connectivity index (χ1v) is 7.67. The summed E-state index contributed by atoms with van der Waals surface area (Å²) in [7, 11) is 0. The molecule has 0 saturated heterocycles. The Morgan fingerprint density at radius 2 is 1.10 bits per heavy atom. The minimum atomic E-state index is 1.26. The van der Waals surface area contributed by atoms with Gasteiger partial charge in [-0.15, -0.1) is 11.8 Å². The lowest BCUT2D eigenvalue weighted by molar-refractivity contribution is 1.27. The highest BCUT2D eigenvalue weighted by molar-refractivity contribution is 7.98. The van der Waals surface area contributed by atoms with Crippen LogP contribution in [-0.2, 0) is 0 Å². The summed E-state index contributed by atoms with van der Waals surface area (Å²) >= 11 is 1.73. The number of pyridine rings is 1. The van der Waals surface area contributed by atoms with Crippen molar-refractivity contribution in [2.75, 3.05) is 6.26 Å². The normalized spacial score (nSPS) is 9.45. The molecule has 0 fully saturated rings. The zero-order chi connectivity index (χ0) is 14.0. The van der Waals surface area contributed by atoms with Gasteiger partial charge in [-0.25, -0.2) is 0 Å². The molecule has 2 heteroatoms. The predicted molar refractivity (Wildman–Crippen MR) is 87.9 cm³/mol. The lowest BCUT2D eigenvalue weighted by atomic mass is 10.1. The fraction of sp³-hybridized carbons (Fsp3) is 0.0556. The Kier molecular flexibility index (Phi) is 5.87. The summed E-state index contributed by atoms with van der Waals surface area (Å²) in [5, 5.41) is 0. The number of hydrogen-bond donors (Lipinski definition) is 0. The van der Waals surface area contributed by atoms with Crippen LogP contribution in [0.15, 0.2) is 90.1 Å². The summed E-state index contributed by atoms with van der Waals surface area (Å²) in [6.07, 6.45) is 5.65. The predicted octanol–water partition coefficient (Wildman–Crippen LogP) is 5.16. The van der Waals surface area contributed by atoms with Crippen LogP contribution in [-0.4, -0.2) is 11.2 Å². The van der Waals surface area contributed by atoms with Gasteiger partial charge in [0.25, 0.3) is 0 Å². The molecule has 0 aliphatic carbocycles. The largest absolute Gasteiger partial charge is 0.265 e. The van der Waals surface area contributed by atoms with E-state index in [1.54, 1.807) is 24.2 Å². The Balaban J connectivity index is 0.000000160. The van der Waals surface area contributed by atoms with Crippen LogP contribution >= 0.6 is 11.8 Å². The van der Waals surface area contributed by atoms with E-state index in [0.717, 1.165) is 0 Å². The van der Waals surface area contributed by atoms with Gasteiger partial charge in [-0.05, 0) is 29.5 Å². The molecule has 3 rings (SSSR count). The van der Waals surface area contributed by atoms with Crippen molar-refractivity contribution in [3.05, 3.63) is 85.2 Å². The van der Waals surface area contributed by atoms with Crippen LogP contribution in [0.25, 0.3) is 11.1 Å².